The van der Waals surface area contributed by atoms with E-state index >= 15 is 0 Å². The van der Waals surface area contributed by atoms with E-state index in [4.69, 9.17) is 4.74 Å². The number of nitrogens with zero attached hydrogens (tertiary/aromatic N) is 3. The summed E-state index contributed by atoms with van der Waals surface area (Å²) in [7, 11) is 1.47. The number of anilines is 1. The van der Waals surface area contributed by atoms with Gasteiger partial charge in [-0.2, -0.15) is 5.10 Å². The zero-order chi connectivity index (χ0) is 21.0. The van der Waals surface area contributed by atoms with Gasteiger partial charge >= 0.3 is 0 Å². The summed E-state index contributed by atoms with van der Waals surface area (Å²) in [5.41, 5.74) is 3.42. The van der Waals surface area contributed by atoms with Crippen LogP contribution < -0.4 is 14.7 Å². The average Bonchev–Trinajstić information content (AvgIpc) is 2.97. The molecule has 0 spiro atoms. The van der Waals surface area contributed by atoms with Gasteiger partial charge in [-0.05, 0) is 36.8 Å². The lowest BCUT2D eigenvalue weighted by Crippen LogP contribution is -2.30. The number of hydrogen-bond acceptors (Lipinski definition) is 6. The van der Waals surface area contributed by atoms with Crippen molar-refractivity contribution in [2.75, 3.05) is 18.6 Å². The summed E-state index contributed by atoms with van der Waals surface area (Å²) >= 11 is 0. The Labute approximate surface area is 168 Å². The van der Waals surface area contributed by atoms with Crippen LogP contribution in [0.4, 0.5) is 5.69 Å². The number of benzene rings is 2. The van der Waals surface area contributed by atoms with Gasteiger partial charge < -0.3 is 19.5 Å². The largest absolute Gasteiger partial charge is 0.550 e. The van der Waals surface area contributed by atoms with E-state index in [2.05, 4.69) is 16.8 Å². The van der Waals surface area contributed by atoms with Crippen LogP contribution in [0.3, 0.4) is 0 Å². The number of carboxylic acids is 1. The maximum absolute atomic E-state index is 12.7. The van der Waals surface area contributed by atoms with E-state index in [9.17, 15) is 14.7 Å². The number of carbonyl (C=O) groups excluding carboxylic acids is 2. The Kier molecular flexibility index (Phi) is 5.87. The molecule has 1 aliphatic heterocycles. The molecule has 0 N–H and O–H groups in total. The quantitative estimate of drug-likeness (QED) is 0.409. The van der Waals surface area contributed by atoms with Gasteiger partial charge in [0.05, 0.1) is 18.5 Å². The molecule has 2 aromatic carbocycles. The van der Waals surface area contributed by atoms with Gasteiger partial charge in [-0.3, -0.25) is 4.79 Å². The highest BCUT2D eigenvalue weighted by Crippen LogP contribution is 2.29. The maximum atomic E-state index is 12.7. The summed E-state index contributed by atoms with van der Waals surface area (Å²) in [4.78, 5) is 25.3. The molecule has 7 heteroatoms. The Hall–Kier alpha value is -3.74. The minimum Gasteiger partial charge on any atom is -0.550 e. The lowest BCUT2D eigenvalue weighted by molar-refractivity contribution is -0.304. The van der Waals surface area contributed by atoms with E-state index in [1.807, 2.05) is 24.3 Å². The number of fused-ring (bicyclic) bond motifs is 1. The number of carboxylic acid groups (broad SMARTS) is 1. The Morgan fingerprint density at radius 2 is 2.03 bits per heavy atom. The molecule has 29 heavy (non-hydrogen) atoms. The fourth-order valence-corrected chi connectivity index (χ4v) is 3.15. The van der Waals surface area contributed by atoms with Crippen LogP contribution >= 0.6 is 0 Å². The lowest BCUT2D eigenvalue weighted by atomic mass is 10.0. The highest BCUT2D eigenvalue weighted by Gasteiger charge is 2.33. The van der Waals surface area contributed by atoms with Crippen molar-refractivity contribution in [2.45, 2.75) is 13.3 Å². The van der Waals surface area contributed by atoms with Crippen molar-refractivity contribution in [2.24, 2.45) is 10.2 Å². The smallest absolute Gasteiger partial charge is 0.279 e. The van der Waals surface area contributed by atoms with Crippen molar-refractivity contribution in [3.05, 3.63) is 71.8 Å². The second kappa shape index (κ2) is 8.52. The topological polar surface area (TPSA) is 94.4 Å². The molecule has 3 rings (SSSR count). The van der Waals surface area contributed by atoms with Crippen molar-refractivity contribution in [3.63, 3.8) is 0 Å². The van der Waals surface area contributed by atoms with E-state index in [-0.39, 0.29) is 18.0 Å². The maximum Gasteiger partial charge on any atom is 0.279 e. The molecule has 0 aromatic heterocycles. The van der Waals surface area contributed by atoms with E-state index in [1.54, 1.807) is 36.1 Å². The van der Waals surface area contributed by atoms with Crippen LogP contribution in [-0.2, 0) is 16.0 Å². The molecule has 0 saturated carbocycles. The molecular formula is C22H20N3O4-. The highest BCUT2D eigenvalue weighted by atomic mass is 16.5. The minimum absolute atomic E-state index is 0.241. The standard InChI is InChI=1S/C22H21N3O4/c1-4-11-25-18-8-6-5-7-17(18)21(22(25)28)24-23-14(2)15-9-10-19(29-3)16(12-15)13-20(26)27/h4-10,12H,1,11,13H2,2-3H3,(H,26,27)/p-1/b23-14-,24-21-. The predicted molar refractivity (Wildman–Crippen MR) is 109 cm³/mol. The van der Waals surface area contributed by atoms with E-state index in [0.29, 0.717) is 34.7 Å². The molecule has 2 aromatic rings. The first-order chi connectivity index (χ1) is 14.0. The van der Waals surface area contributed by atoms with Gasteiger partial charge in [-0.25, -0.2) is 0 Å². The second-order valence-electron chi connectivity index (χ2n) is 6.43. The van der Waals surface area contributed by atoms with E-state index < -0.39 is 5.97 Å². The molecule has 7 nitrogen and oxygen atoms in total. The Bertz CT molecular complexity index is 1040. The SMILES string of the molecule is C=CCN1C(=O)/C(=N\N=C(\C)c2ccc(OC)c(CC(=O)[O-])c2)c2ccccc21. The number of hydrogen-bond donors (Lipinski definition) is 0. The second-order valence-corrected chi connectivity index (χ2v) is 6.43. The van der Waals surface area contributed by atoms with Crippen molar-refractivity contribution in [1.29, 1.82) is 0 Å². The van der Waals surface area contributed by atoms with E-state index in [1.165, 1.54) is 7.11 Å². The van der Waals surface area contributed by atoms with E-state index in [0.717, 1.165) is 5.69 Å². The summed E-state index contributed by atoms with van der Waals surface area (Å²) in [5.74, 6) is -0.988. The van der Waals surface area contributed by atoms with Gasteiger partial charge in [-0.1, -0.05) is 24.3 Å². The molecule has 148 valence electrons. The van der Waals surface area contributed by atoms with Crippen LogP contribution in [0.2, 0.25) is 0 Å². The Morgan fingerprint density at radius 1 is 1.28 bits per heavy atom. The third-order valence-electron chi connectivity index (χ3n) is 4.54. The normalized spacial score (nSPS) is 14.8. The predicted octanol–water partition coefficient (Wildman–Crippen LogP) is 1.73. The van der Waals surface area contributed by atoms with Crippen molar-refractivity contribution in [1.82, 2.24) is 0 Å². The van der Waals surface area contributed by atoms with Crippen LogP contribution in [0.15, 0.2) is 65.3 Å². The molecular weight excluding hydrogens is 370 g/mol. The average molecular weight is 390 g/mol. The minimum atomic E-state index is -1.20. The Balaban J connectivity index is 1.96. The summed E-state index contributed by atoms with van der Waals surface area (Å²) in [6.45, 7) is 5.81. The van der Waals surface area contributed by atoms with Gasteiger partial charge in [0.15, 0.2) is 5.71 Å². The number of methoxy groups -OCH3 is 1. The third-order valence-corrected chi connectivity index (χ3v) is 4.54. The highest BCUT2D eigenvalue weighted by molar-refractivity contribution is 6.54. The molecule has 0 fully saturated rings. The number of amides is 1. The molecule has 0 atom stereocenters. The lowest BCUT2D eigenvalue weighted by Gasteiger charge is -2.13. The summed E-state index contributed by atoms with van der Waals surface area (Å²) in [6.07, 6.45) is 1.38. The number of para-hydroxylation sites is 1. The monoisotopic (exact) mass is 390 g/mol. The zero-order valence-electron chi connectivity index (χ0n) is 16.2. The van der Waals surface area contributed by atoms with Crippen molar-refractivity contribution >= 4 is 29.0 Å². The fourth-order valence-electron chi connectivity index (χ4n) is 3.15. The van der Waals surface area contributed by atoms with Gasteiger partial charge in [0, 0.05) is 30.1 Å². The number of aliphatic carboxylic acids is 1. The molecule has 1 heterocycles. The Morgan fingerprint density at radius 3 is 2.72 bits per heavy atom. The van der Waals surface area contributed by atoms with Crippen LogP contribution in [0.1, 0.15) is 23.6 Å². The van der Waals surface area contributed by atoms with Crippen molar-refractivity contribution in [3.8, 4) is 5.75 Å². The van der Waals surface area contributed by atoms with Crippen LogP contribution in [0, 0.1) is 0 Å². The number of carbonyl (C=O) groups is 2. The van der Waals surface area contributed by atoms with Crippen LogP contribution in [-0.4, -0.2) is 37.0 Å². The fraction of sp³-hybridized carbons (Fsp3) is 0.182. The first-order valence-corrected chi connectivity index (χ1v) is 8.97. The van der Waals surface area contributed by atoms with Crippen LogP contribution in [0.5, 0.6) is 5.75 Å². The molecule has 1 aliphatic rings. The number of ether oxygens (including phenoxy) is 1. The van der Waals surface area contributed by atoms with Gasteiger partial charge in [0.1, 0.15) is 5.75 Å². The first kappa shape index (κ1) is 20.0. The third kappa shape index (κ3) is 4.08. The van der Waals surface area contributed by atoms with Crippen LogP contribution in [0.25, 0.3) is 0 Å². The first-order valence-electron chi connectivity index (χ1n) is 8.97. The molecule has 0 saturated heterocycles. The number of rotatable bonds is 7. The molecule has 0 radical (unpaired) electrons. The van der Waals surface area contributed by atoms with Gasteiger partial charge in [0.25, 0.3) is 5.91 Å². The molecule has 0 unspecified atom stereocenters. The molecule has 0 aliphatic carbocycles. The van der Waals surface area contributed by atoms with Crippen molar-refractivity contribution < 1.29 is 19.4 Å². The zero-order valence-corrected chi connectivity index (χ0v) is 16.2. The van der Waals surface area contributed by atoms with Gasteiger partial charge in [0.2, 0.25) is 0 Å². The van der Waals surface area contributed by atoms with Gasteiger partial charge in [-0.15, -0.1) is 11.7 Å². The summed E-state index contributed by atoms with van der Waals surface area (Å²) < 4.78 is 5.19. The molecule has 1 amide bonds. The summed E-state index contributed by atoms with van der Waals surface area (Å²) in [5, 5.41) is 19.4. The molecule has 0 bridgehead atoms. The summed E-state index contributed by atoms with van der Waals surface area (Å²) in [6, 6.07) is 12.5.